The first-order valence-electron chi connectivity index (χ1n) is 6.31. The molecule has 0 aliphatic heterocycles. The van der Waals surface area contributed by atoms with Crippen LogP contribution in [0.4, 0.5) is 8.78 Å². The lowest BCUT2D eigenvalue weighted by molar-refractivity contribution is 0.492. The highest BCUT2D eigenvalue weighted by Gasteiger charge is 2.31. The lowest BCUT2D eigenvalue weighted by atomic mass is 10.1. The van der Waals surface area contributed by atoms with Gasteiger partial charge in [-0.25, -0.2) is 8.78 Å². The number of halogens is 2. The van der Waals surface area contributed by atoms with Crippen molar-refractivity contribution < 1.29 is 13.2 Å². The van der Waals surface area contributed by atoms with E-state index in [1.54, 1.807) is 0 Å². The third-order valence-electron chi connectivity index (χ3n) is 3.35. The lowest BCUT2D eigenvalue weighted by Gasteiger charge is -2.01. The molecule has 1 aromatic carbocycles. The zero-order valence-electron chi connectivity index (χ0n) is 10.2. The van der Waals surface area contributed by atoms with Crippen molar-refractivity contribution in [3.63, 3.8) is 0 Å². The third kappa shape index (κ3) is 1.90. The van der Waals surface area contributed by atoms with E-state index in [-0.39, 0.29) is 5.58 Å². The van der Waals surface area contributed by atoms with Crippen LogP contribution in [0.15, 0.2) is 16.5 Å². The highest BCUT2D eigenvalue weighted by molar-refractivity contribution is 5.84. The highest BCUT2D eigenvalue weighted by Crippen LogP contribution is 2.46. The Morgan fingerprint density at radius 2 is 2.11 bits per heavy atom. The molecule has 1 aliphatic carbocycles. The number of rotatable bonds is 4. The van der Waals surface area contributed by atoms with E-state index in [1.165, 1.54) is 6.07 Å². The first-order valence-corrected chi connectivity index (χ1v) is 6.31. The zero-order chi connectivity index (χ0) is 12.7. The quantitative estimate of drug-likeness (QED) is 0.896. The fourth-order valence-corrected chi connectivity index (χ4v) is 2.38. The van der Waals surface area contributed by atoms with E-state index in [1.807, 2.05) is 6.92 Å². The van der Waals surface area contributed by atoms with Crippen molar-refractivity contribution in [2.45, 2.75) is 32.2 Å². The van der Waals surface area contributed by atoms with E-state index >= 15 is 0 Å². The van der Waals surface area contributed by atoms with Gasteiger partial charge in [0.1, 0.15) is 11.6 Å². The Hall–Kier alpha value is -1.42. The van der Waals surface area contributed by atoms with Crippen molar-refractivity contribution in [3.8, 4) is 0 Å². The van der Waals surface area contributed by atoms with Gasteiger partial charge in [-0.3, -0.25) is 0 Å². The van der Waals surface area contributed by atoms with Crippen molar-refractivity contribution in [1.29, 1.82) is 0 Å². The molecule has 0 saturated heterocycles. The highest BCUT2D eigenvalue weighted by atomic mass is 19.1. The molecule has 1 aromatic heterocycles. The molecular weight excluding hydrogens is 236 g/mol. The van der Waals surface area contributed by atoms with Crippen LogP contribution in [-0.2, 0) is 6.54 Å². The first kappa shape index (κ1) is 11.7. The number of hydrogen-bond acceptors (Lipinski definition) is 2. The van der Waals surface area contributed by atoms with Crippen molar-refractivity contribution in [2.24, 2.45) is 0 Å². The number of fused-ring (bicyclic) bond motifs is 1. The average Bonchev–Trinajstić information content (AvgIpc) is 3.09. The van der Waals surface area contributed by atoms with Gasteiger partial charge in [0.15, 0.2) is 11.4 Å². The van der Waals surface area contributed by atoms with Gasteiger partial charge in [0.25, 0.3) is 0 Å². The summed E-state index contributed by atoms with van der Waals surface area (Å²) in [6.07, 6.45) is 2.15. The molecule has 1 fully saturated rings. The summed E-state index contributed by atoms with van der Waals surface area (Å²) in [5.41, 5.74) is 1.18. The third-order valence-corrected chi connectivity index (χ3v) is 3.35. The Labute approximate surface area is 104 Å². The Balaban J connectivity index is 2.16. The predicted octanol–water partition coefficient (Wildman–Crippen LogP) is 3.70. The molecule has 0 bridgehead atoms. The fourth-order valence-electron chi connectivity index (χ4n) is 2.38. The molecule has 18 heavy (non-hydrogen) atoms. The minimum absolute atomic E-state index is 0.186. The summed E-state index contributed by atoms with van der Waals surface area (Å²) in [6, 6.07) is 2.25. The second-order valence-corrected chi connectivity index (χ2v) is 4.76. The molecule has 1 aliphatic rings. The van der Waals surface area contributed by atoms with Crippen molar-refractivity contribution in [1.82, 2.24) is 5.32 Å². The topological polar surface area (TPSA) is 25.2 Å². The summed E-state index contributed by atoms with van der Waals surface area (Å²) in [6.45, 7) is 3.38. The molecule has 1 saturated carbocycles. The van der Waals surface area contributed by atoms with E-state index in [4.69, 9.17) is 4.42 Å². The SMILES string of the molecule is CCNCc1oc2c(F)cc(F)cc2c1C1CC1. The zero-order valence-corrected chi connectivity index (χ0v) is 10.2. The predicted molar refractivity (Wildman–Crippen MR) is 65.5 cm³/mol. The molecule has 4 heteroatoms. The van der Waals surface area contributed by atoms with Crippen LogP contribution >= 0.6 is 0 Å². The lowest BCUT2D eigenvalue weighted by Crippen LogP contribution is -2.12. The van der Waals surface area contributed by atoms with Gasteiger partial charge >= 0.3 is 0 Å². The molecular formula is C14H15F2NO. The molecule has 2 nitrogen and oxygen atoms in total. The Morgan fingerprint density at radius 3 is 2.78 bits per heavy atom. The van der Waals surface area contributed by atoms with Crippen LogP contribution in [0.3, 0.4) is 0 Å². The van der Waals surface area contributed by atoms with E-state index < -0.39 is 11.6 Å². The molecule has 1 N–H and O–H groups in total. The molecule has 0 atom stereocenters. The van der Waals surface area contributed by atoms with Gasteiger partial charge in [-0.1, -0.05) is 6.92 Å². The summed E-state index contributed by atoms with van der Waals surface area (Å²) in [5.74, 6) is -0.00712. The van der Waals surface area contributed by atoms with Crippen molar-refractivity contribution in [2.75, 3.05) is 6.54 Å². The van der Waals surface area contributed by atoms with Gasteiger partial charge in [0.05, 0.1) is 6.54 Å². The van der Waals surface area contributed by atoms with Crippen molar-refractivity contribution >= 4 is 11.0 Å². The van der Waals surface area contributed by atoms with Gasteiger partial charge in [-0.2, -0.15) is 0 Å². The van der Waals surface area contributed by atoms with Crippen LogP contribution in [0.1, 0.15) is 37.0 Å². The molecule has 0 radical (unpaired) electrons. The second-order valence-electron chi connectivity index (χ2n) is 4.76. The molecule has 1 heterocycles. The Morgan fingerprint density at radius 1 is 1.33 bits per heavy atom. The first-order chi connectivity index (χ1) is 8.70. The second kappa shape index (κ2) is 4.35. The van der Waals surface area contributed by atoms with Crippen LogP contribution in [0.5, 0.6) is 0 Å². The molecule has 96 valence electrons. The number of nitrogens with one attached hydrogen (secondary N) is 1. The van der Waals surface area contributed by atoms with Gasteiger partial charge in [0, 0.05) is 17.0 Å². The van der Waals surface area contributed by atoms with Gasteiger partial charge in [-0.05, 0) is 31.4 Å². The van der Waals surface area contributed by atoms with E-state index in [0.29, 0.717) is 17.8 Å². The minimum atomic E-state index is -0.616. The largest absolute Gasteiger partial charge is 0.456 e. The van der Waals surface area contributed by atoms with E-state index in [2.05, 4.69) is 5.32 Å². The summed E-state index contributed by atoms with van der Waals surface area (Å²) in [4.78, 5) is 0. The van der Waals surface area contributed by atoms with E-state index in [0.717, 1.165) is 36.8 Å². The maximum atomic E-state index is 13.7. The summed E-state index contributed by atoms with van der Waals surface area (Å²) in [5, 5.41) is 3.77. The molecule has 2 aromatic rings. The normalized spacial score (nSPS) is 15.5. The van der Waals surface area contributed by atoms with Gasteiger partial charge < -0.3 is 9.73 Å². The van der Waals surface area contributed by atoms with Crippen LogP contribution in [0.25, 0.3) is 11.0 Å². The number of benzene rings is 1. The average molecular weight is 251 g/mol. The van der Waals surface area contributed by atoms with E-state index in [9.17, 15) is 8.78 Å². The molecule has 0 spiro atoms. The number of furan rings is 1. The minimum Gasteiger partial charge on any atom is -0.456 e. The van der Waals surface area contributed by atoms with Gasteiger partial charge in [-0.15, -0.1) is 0 Å². The summed E-state index contributed by atoms with van der Waals surface area (Å²) in [7, 11) is 0. The van der Waals surface area contributed by atoms with Crippen LogP contribution in [0.2, 0.25) is 0 Å². The van der Waals surface area contributed by atoms with Crippen molar-refractivity contribution in [3.05, 3.63) is 35.1 Å². The monoisotopic (exact) mass is 251 g/mol. The Kier molecular flexibility index (Phi) is 2.82. The Bertz CT molecular complexity index is 587. The fraction of sp³-hybridized carbons (Fsp3) is 0.429. The van der Waals surface area contributed by atoms with Crippen LogP contribution < -0.4 is 5.32 Å². The van der Waals surface area contributed by atoms with Crippen LogP contribution in [0, 0.1) is 11.6 Å². The molecule has 0 amide bonds. The maximum Gasteiger partial charge on any atom is 0.170 e. The number of hydrogen-bond donors (Lipinski definition) is 1. The smallest absolute Gasteiger partial charge is 0.170 e. The maximum absolute atomic E-state index is 13.7. The summed E-state index contributed by atoms with van der Waals surface area (Å²) < 4.78 is 32.6. The van der Waals surface area contributed by atoms with Gasteiger partial charge in [0.2, 0.25) is 0 Å². The molecule has 0 unspecified atom stereocenters. The van der Waals surface area contributed by atoms with Crippen LogP contribution in [-0.4, -0.2) is 6.54 Å². The summed E-state index contributed by atoms with van der Waals surface area (Å²) >= 11 is 0. The molecule has 3 rings (SSSR count). The standard InChI is InChI=1S/C14H15F2NO/c1-2-17-7-12-13(8-3-4-8)10-5-9(15)6-11(16)14(10)18-12/h5-6,8,17H,2-4,7H2,1H3.